The molecule has 4 heteroatoms. The minimum absolute atomic E-state index is 0.256. The number of benzene rings is 1. The Kier molecular flexibility index (Phi) is 5.24. The van der Waals surface area contributed by atoms with Crippen molar-refractivity contribution in [1.82, 2.24) is 14.5 Å². The van der Waals surface area contributed by atoms with Crippen LogP contribution in [0.3, 0.4) is 0 Å². The van der Waals surface area contributed by atoms with Crippen LogP contribution in [0.2, 0.25) is 0 Å². The lowest BCUT2D eigenvalue weighted by molar-refractivity contribution is 0.202. The minimum Gasteiger partial charge on any atom is -0.344 e. The Morgan fingerprint density at radius 1 is 1.14 bits per heavy atom. The third-order valence-electron chi connectivity index (χ3n) is 6.15. The first-order chi connectivity index (χ1) is 13.5. The Bertz CT molecular complexity index is 1000. The topological polar surface area (TPSA) is 21.1 Å². The summed E-state index contributed by atoms with van der Waals surface area (Å²) in [6, 6.07) is 6.88. The van der Waals surface area contributed by atoms with Crippen molar-refractivity contribution in [3.05, 3.63) is 64.4 Å². The Balaban J connectivity index is 1.79. The average Bonchev–Trinajstić information content (AvgIpc) is 3.00. The van der Waals surface area contributed by atoms with Gasteiger partial charge in [0.05, 0.1) is 11.7 Å². The molecule has 0 fully saturated rings. The molecule has 0 atom stereocenters. The van der Waals surface area contributed by atoms with Gasteiger partial charge in [-0.2, -0.15) is 0 Å². The SMILES string of the molecule is CCc1cc(C)c2c(c1)c1c(n2CCc2cncc(F)c2)CCN(C(C)C)C1. The lowest BCUT2D eigenvalue weighted by atomic mass is 9.99. The van der Waals surface area contributed by atoms with Crippen molar-refractivity contribution in [3.8, 4) is 0 Å². The van der Waals surface area contributed by atoms with Gasteiger partial charge in [0.2, 0.25) is 0 Å². The lowest BCUT2D eigenvalue weighted by Gasteiger charge is -2.31. The fourth-order valence-corrected chi connectivity index (χ4v) is 4.61. The third kappa shape index (κ3) is 3.46. The molecule has 0 unspecified atom stereocenters. The van der Waals surface area contributed by atoms with E-state index in [1.54, 1.807) is 12.3 Å². The number of aromatic nitrogens is 2. The van der Waals surface area contributed by atoms with E-state index in [1.165, 1.54) is 39.5 Å². The summed E-state index contributed by atoms with van der Waals surface area (Å²) in [4.78, 5) is 6.58. The molecule has 0 spiro atoms. The van der Waals surface area contributed by atoms with Crippen LogP contribution in [0.25, 0.3) is 10.9 Å². The van der Waals surface area contributed by atoms with Crippen molar-refractivity contribution in [2.24, 2.45) is 0 Å². The van der Waals surface area contributed by atoms with Gasteiger partial charge in [0.25, 0.3) is 0 Å². The molecule has 0 bridgehead atoms. The highest BCUT2D eigenvalue weighted by molar-refractivity contribution is 5.89. The van der Waals surface area contributed by atoms with Gasteiger partial charge in [-0.1, -0.05) is 13.0 Å². The van der Waals surface area contributed by atoms with Crippen LogP contribution in [0.5, 0.6) is 0 Å². The summed E-state index contributed by atoms with van der Waals surface area (Å²) in [5.74, 6) is -0.256. The molecule has 0 saturated carbocycles. The third-order valence-corrected chi connectivity index (χ3v) is 6.15. The molecule has 3 aromatic rings. The highest BCUT2D eigenvalue weighted by atomic mass is 19.1. The predicted molar refractivity (Wildman–Crippen MR) is 113 cm³/mol. The molecule has 0 saturated heterocycles. The highest BCUT2D eigenvalue weighted by Gasteiger charge is 2.26. The maximum Gasteiger partial charge on any atom is 0.141 e. The largest absolute Gasteiger partial charge is 0.344 e. The van der Waals surface area contributed by atoms with Gasteiger partial charge in [-0.05, 0) is 68.0 Å². The zero-order valence-electron chi connectivity index (χ0n) is 17.4. The van der Waals surface area contributed by atoms with Gasteiger partial charge in [0.15, 0.2) is 0 Å². The van der Waals surface area contributed by atoms with E-state index >= 15 is 0 Å². The molecule has 0 aliphatic carbocycles. The minimum atomic E-state index is -0.256. The molecule has 1 aromatic carbocycles. The van der Waals surface area contributed by atoms with Gasteiger partial charge in [0, 0.05) is 49.4 Å². The van der Waals surface area contributed by atoms with E-state index < -0.39 is 0 Å². The first-order valence-corrected chi connectivity index (χ1v) is 10.4. The Hall–Kier alpha value is -2.20. The normalized spacial score (nSPS) is 14.8. The number of hydrogen-bond acceptors (Lipinski definition) is 2. The lowest BCUT2D eigenvalue weighted by Crippen LogP contribution is -2.36. The second-order valence-corrected chi connectivity index (χ2v) is 8.31. The van der Waals surface area contributed by atoms with Crippen molar-refractivity contribution in [2.45, 2.75) is 66.1 Å². The molecule has 1 aliphatic rings. The van der Waals surface area contributed by atoms with E-state index in [0.29, 0.717) is 6.04 Å². The van der Waals surface area contributed by atoms with Crippen LogP contribution in [0, 0.1) is 12.7 Å². The van der Waals surface area contributed by atoms with E-state index in [1.807, 2.05) is 0 Å². The smallest absolute Gasteiger partial charge is 0.141 e. The monoisotopic (exact) mass is 379 g/mol. The van der Waals surface area contributed by atoms with E-state index in [4.69, 9.17) is 0 Å². The standard InChI is InChI=1S/C24H30FN3/c1-5-18-10-17(4)24-21(12-18)22-15-27(16(2)3)8-7-23(22)28(24)9-6-19-11-20(25)14-26-13-19/h10-14,16H,5-9,15H2,1-4H3. The summed E-state index contributed by atoms with van der Waals surface area (Å²) < 4.78 is 16.1. The number of rotatable bonds is 5. The first-order valence-electron chi connectivity index (χ1n) is 10.4. The van der Waals surface area contributed by atoms with Crippen molar-refractivity contribution in [3.63, 3.8) is 0 Å². The van der Waals surface area contributed by atoms with Gasteiger partial charge in [-0.25, -0.2) is 4.39 Å². The molecular formula is C24H30FN3. The number of pyridine rings is 1. The molecule has 28 heavy (non-hydrogen) atoms. The molecule has 1 aliphatic heterocycles. The van der Waals surface area contributed by atoms with Crippen LogP contribution in [0.15, 0.2) is 30.6 Å². The Morgan fingerprint density at radius 3 is 2.68 bits per heavy atom. The van der Waals surface area contributed by atoms with E-state index in [-0.39, 0.29) is 5.82 Å². The summed E-state index contributed by atoms with van der Waals surface area (Å²) in [7, 11) is 0. The number of halogens is 1. The molecule has 3 nitrogen and oxygen atoms in total. The van der Waals surface area contributed by atoms with Gasteiger partial charge in [-0.3, -0.25) is 9.88 Å². The molecule has 3 heterocycles. The van der Waals surface area contributed by atoms with Crippen LogP contribution >= 0.6 is 0 Å². The van der Waals surface area contributed by atoms with Crippen molar-refractivity contribution in [1.29, 1.82) is 0 Å². The zero-order chi connectivity index (χ0) is 19.8. The van der Waals surface area contributed by atoms with Gasteiger partial charge >= 0.3 is 0 Å². The van der Waals surface area contributed by atoms with Gasteiger partial charge in [-0.15, -0.1) is 0 Å². The maximum absolute atomic E-state index is 13.6. The van der Waals surface area contributed by atoms with E-state index in [2.05, 4.69) is 54.3 Å². The fourth-order valence-electron chi connectivity index (χ4n) is 4.61. The molecule has 2 aromatic heterocycles. The molecule has 0 amide bonds. The zero-order valence-corrected chi connectivity index (χ0v) is 17.4. The second kappa shape index (κ2) is 7.67. The molecule has 0 radical (unpaired) electrons. The second-order valence-electron chi connectivity index (χ2n) is 8.31. The number of hydrogen-bond donors (Lipinski definition) is 0. The fraction of sp³-hybridized carbons (Fsp3) is 0.458. The van der Waals surface area contributed by atoms with E-state index in [0.717, 1.165) is 44.5 Å². The highest BCUT2D eigenvalue weighted by Crippen LogP contribution is 2.34. The van der Waals surface area contributed by atoms with Gasteiger partial charge in [0.1, 0.15) is 5.82 Å². The molecule has 4 rings (SSSR count). The Morgan fingerprint density at radius 2 is 1.96 bits per heavy atom. The summed E-state index contributed by atoms with van der Waals surface area (Å²) in [6.45, 7) is 12.0. The van der Waals surface area contributed by atoms with Crippen LogP contribution in [0.1, 0.15) is 48.7 Å². The average molecular weight is 380 g/mol. The van der Waals surface area contributed by atoms with Crippen LogP contribution in [0.4, 0.5) is 4.39 Å². The number of aryl methyl sites for hydroxylation is 4. The predicted octanol–water partition coefficient (Wildman–Crippen LogP) is 5.06. The summed E-state index contributed by atoms with van der Waals surface area (Å²) >= 11 is 0. The Labute approximate surface area is 167 Å². The van der Waals surface area contributed by atoms with Crippen molar-refractivity contribution < 1.29 is 4.39 Å². The quantitative estimate of drug-likeness (QED) is 0.618. The number of fused-ring (bicyclic) bond motifs is 3. The van der Waals surface area contributed by atoms with Crippen molar-refractivity contribution >= 4 is 10.9 Å². The van der Waals surface area contributed by atoms with Crippen LogP contribution < -0.4 is 0 Å². The maximum atomic E-state index is 13.6. The van der Waals surface area contributed by atoms with Gasteiger partial charge < -0.3 is 4.57 Å². The van der Waals surface area contributed by atoms with Crippen LogP contribution in [-0.2, 0) is 32.4 Å². The molecular weight excluding hydrogens is 349 g/mol. The summed E-state index contributed by atoms with van der Waals surface area (Å²) in [5.41, 5.74) is 8.02. The van der Waals surface area contributed by atoms with E-state index in [9.17, 15) is 4.39 Å². The first kappa shape index (κ1) is 19.1. The summed E-state index contributed by atoms with van der Waals surface area (Å²) in [6.07, 6.45) is 5.98. The molecule has 148 valence electrons. The van der Waals surface area contributed by atoms with Crippen LogP contribution in [-0.4, -0.2) is 27.0 Å². The van der Waals surface area contributed by atoms with Crippen molar-refractivity contribution in [2.75, 3.05) is 6.54 Å². The number of nitrogens with zero attached hydrogens (tertiary/aromatic N) is 3. The summed E-state index contributed by atoms with van der Waals surface area (Å²) in [5, 5.41) is 1.41. The molecule has 0 N–H and O–H groups in total.